The Morgan fingerprint density at radius 3 is 2.94 bits per heavy atom. The zero-order valence-corrected chi connectivity index (χ0v) is 8.88. The van der Waals surface area contributed by atoms with E-state index in [1.165, 1.54) is 5.48 Å². The maximum absolute atomic E-state index is 10.9. The van der Waals surface area contributed by atoms with Gasteiger partial charge in [0.2, 0.25) is 0 Å². The van der Waals surface area contributed by atoms with E-state index in [-0.39, 0.29) is 6.54 Å². The fourth-order valence-corrected chi connectivity index (χ4v) is 1.29. The van der Waals surface area contributed by atoms with Crippen molar-refractivity contribution in [2.75, 3.05) is 6.54 Å². The van der Waals surface area contributed by atoms with Gasteiger partial charge in [0.15, 0.2) is 0 Å². The smallest absolute Gasteiger partial charge is 0.257 e. The van der Waals surface area contributed by atoms with Gasteiger partial charge in [-0.25, -0.2) is 5.48 Å². The van der Waals surface area contributed by atoms with Crippen LogP contribution in [0.3, 0.4) is 0 Å². The summed E-state index contributed by atoms with van der Waals surface area (Å²) < 4.78 is 0. The number of nitrogens with zero attached hydrogens (tertiary/aromatic N) is 1. The van der Waals surface area contributed by atoms with E-state index in [2.05, 4.69) is 5.32 Å². The van der Waals surface area contributed by atoms with Crippen LogP contribution >= 0.6 is 0 Å². The highest BCUT2D eigenvalue weighted by Gasteiger charge is 2.11. The molecule has 1 unspecified atom stereocenters. The third kappa shape index (κ3) is 3.68. The fraction of sp³-hybridized carbons (Fsp3) is 0.182. The summed E-state index contributed by atoms with van der Waals surface area (Å²) in [4.78, 5) is 21.7. The highest BCUT2D eigenvalue weighted by atomic mass is 16.5. The van der Waals surface area contributed by atoms with E-state index in [1.807, 2.05) is 6.07 Å². The van der Waals surface area contributed by atoms with E-state index in [9.17, 15) is 9.59 Å². The molecule has 1 aromatic carbocycles. The van der Waals surface area contributed by atoms with Crippen molar-refractivity contribution in [3.63, 3.8) is 0 Å². The zero-order chi connectivity index (χ0) is 12.7. The summed E-state index contributed by atoms with van der Waals surface area (Å²) in [6.07, 6.45) is 0.626. The van der Waals surface area contributed by atoms with Gasteiger partial charge in [0.05, 0.1) is 24.2 Å². The molecule has 0 saturated heterocycles. The molecule has 0 aromatic heterocycles. The molecule has 1 aromatic rings. The Hall–Kier alpha value is -2.23. The first-order chi connectivity index (χ1) is 8.21. The fourth-order valence-electron chi connectivity index (χ4n) is 1.29. The highest BCUT2D eigenvalue weighted by molar-refractivity contribution is 5.77. The van der Waals surface area contributed by atoms with Crippen LogP contribution in [0.2, 0.25) is 0 Å². The minimum Gasteiger partial charge on any atom is -0.301 e. The third-order valence-electron chi connectivity index (χ3n) is 2.12. The van der Waals surface area contributed by atoms with E-state index >= 15 is 0 Å². The van der Waals surface area contributed by atoms with Gasteiger partial charge in [-0.15, -0.1) is 0 Å². The van der Waals surface area contributed by atoms with Gasteiger partial charge in [-0.1, -0.05) is 12.1 Å². The van der Waals surface area contributed by atoms with Crippen molar-refractivity contribution in [3.8, 4) is 6.07 Å². The number of rotatable bonds is 5. The maximum atomic E-state index is 10.9. The van der Waals surface area contributed by atoms with Crippen molar-refractivity contribution in [1.29, 1.82) is 5.26 Å². The number of hydroxylamine groups is 1. The van der Waals surface area contributed by atoms with E-state index < -0.39 is 11.9 Å². The minimum atomic E-state index is -0.694. The topological polar surface area (TPSA) is 102 Å². The molecule has 6 heteroatoms. The van der Waals surface area contributed by atoms with Crippen molar-refractivity contribution in [2.24, 2.45) is 0 Å². The van der Waals surface area contributed by atoms with E-state index in [0.717, 1.165) is 0 Å². The molecule has 17 heavy (non-hydrogen) atoms. The molecule has 6 nitrogen and oxygen atoms in total. The highest BCUT2D eigenvalue weighted by Crippen LogP contribution is 2.12. The Morgan fingerprint density at radius 1 is 1.59 bits per heavy atom. The number of benzene rings is 1. The predicted molar refractivity (Wildman–Crippen MR) is 57.9 cm³/mol. The molecule has 0 aliphatic heterocycles. The van der Waals surface area contributed by atoms with Crippen LogP contribution in [0.15, 0.2) is 24.3 Å². The van der Waals surface area contributed by atoms with E-state index in [4.69, 9.17) is 10.5 Å². The molecular weight excluding hydrogens is 222 g/mol. The van der Waals surface area contributed by atoms with Gasteiger partial charge in [-0.05, 0) is 17.7 Å². The molecule has 88 valence electrons. The number of carbonyl (C=O) groups excluding carboxylic acids is 2. The van der Waals surface area contributed by atoms with E-state index in [1.54, 1.807) is 24.3 Å². The van der Waals surface area contributed by atoms with Crippen LogP contribution in [0, 0.1) is 11.3 Å². The number of amides is 1. The van der Waals surface area contributed by atoms with Crippen LogP contribution in [0.5, 0.6) is 0 Å². The predicted octanol–water partition coefficient (Wildman–Crippen LogP) is -0.107. The second kappa shape index (κ2) is 6.37. The van der Waals surface area contributed by atoms with Crippen LogP contribution in [0.1, 0.15) is 17.2 Å². The molecule has 1 atom stereocenters. The summed E-state index contributed by atoms with van der Waals surface area (Å²) in [5.41, 5.74) is 2.47. The summed E-state index contributed by atoms with van der Waals surface area (Å²) in [5, 5.41) is 19.7. The number of hydrogen-bond donors (Lipinski definition) is 3. The molecular formula is C11H11N3O3. The number of hydrogen-bond acceptors (Lipinski definition) is 5. The van der Waals surface area contributed by atoms with Crippen molar-refractivity contribution in [1.82, 2.24) is 10.8 Å². The minimum absolute atomic E-state index is 0.198. The van der Waals surface area contributed by atoms with Gasteiger partial charge < -0.3 is 4.79 Å². The lowest BCUT2D eigenvalue weighted by Gasteiger charge is -2.12. The molecule has 0 fully saturated rings. The van der Waals surface area contributed by atoms with Crippen LogP contribution in [0.25, 0.3) is 0 Å². The van der Waals surface area contributed by atoms with Crippen LogP contribution in [-0.2, 0) is 9.59 Å². The molecule has 1 amide bonds. The first-order valence-electron chi connectivity index (χ1n) is 4.83. The first kappa shape index (κ1) is 12.8. The summed E-state index contributed by atoms with van der Waals surface area (Å²) in [5.74, 6) is -0.645. The van der Waals surface area contributed by atoms with Crippen molar-refractivity contribution in [3.05, 3.63) is 35.4 Å². The molecule has 0 bridgehead atoms. The molecule has 0 saturated carbocycles. The average molecular weight is 233 g/mol. The monoisotopic (exact) mass is 233 g/mol. The van der Waals surface area contributed by atoms with Gasteiger partial charge in [-0.3, -0.25) is 15.3 Å². The lowest BCUT2D eigenvalue weighted by Crippen LogP contribution is -2.34. The van der Waals surface area contributed by atoms with Crippen molar-refractivity contribution >= 4 is 12.2 Å². The Kier molecular flexibility index (Phi) is 4.81. The summed E-state index contributed by atoms with van der Waals surface area (Å²) in [6.45, 7) is -0.198. The van der Waals surface area contributed by atoms with Crippen molar-refractivity contribution < 1.29 is 14.8 Å². The Morgan fingerprint density at radius 2 is 2.35 bits per heavy atom. The number of nitriles is 1. The number of carbonyl (C=O) groups is 2. The molecule has 0 heterocycles. The number of nitrogens with one attached hydrogen (secondary N) is 2. The molecule has 1 rings (SSSR count). The molecule has 0 radical (unpaired) electrons. The van der Waals surface area contributed by atoms with Gasteiger partial charge >= 0.3 is 0 Å². The lowest BCUT2D eigenvalue weighted by molar-refractivity contribution is -0.128. The van der Waals surface area contributed by atoms with Crippen LogP contribution in [-0.4, -0.2) is 23.9 Å². The van der Waals surface area contributed by atoms with Gasteiger partial charge in [-0.2, -0.15) is 5.26 Å². The zero-order valence-electron chi connectivity index (χ0n) is 8.88. The van der Waals surface area contributed by atoms with E-state index in [0.29, 0.717) is 17.4 Å². The van der Waals surface area contributed by atoms with Crippen LogP contribution < -0.4 is 10.8 Å². The second-order valence-corrected chi connectivity index (χ2v) is 3.27. The SMILES string of the molecule is N#Cc1cccc(C(C=O)NCC(=O)NO)c1. The van der Waals surface area contributed by atoms with Crippen LogP contribution in [0.4, 0.5) is 0 Å². The molecule has 0 aliphatic carbocycles. The Labute approximate surface area is 97.8 Å². The Bertz CT molecular complexity index is 454. The lowest BCUT2D eigenvalue weighted by atomic mass is 10.1. The maximum Gasteiger partial charge on any atom is 0.257 e. The van der Waals surface area contributed by atoms with Gasteiger partial charge in [0, 0.05) is 0 Å². The summed E-state index contributed by atoms with van der Waals surface area (Å²) in [6, 6.07) is 7.76. The third-order valence-corrected chi connectivity index (χ3v) is 2.12. The summed E-state index contributed by atoms with van der Waals surface area (Å²) >= 11 is 0. The first-order valence-corrected chi connectivity index (χ1v) is 4.83. The van der Waals surface area contributed by atoms with Gasteiger partial charge in [0.25, 0.3) is 5.91 Å². The normalized spacial score (nSPS) is 11.3. The number of aldehydes is 1. The quantitative estimate of drug-likeness (QED) is 0.374. The standard InChI is InChI=1S/C11H11N3O3/c12-5-8-2-1-3-9(4-8)10(7-15)13-6-11(16)14-17/h1-4,7,10,13,17H,6H2,(H,14,16). The largest absolute Gasteiger partial charge is 0.301 e. The van der Waals surface area contributed by atoms with Gasteiger partial charge in [0.1, 0.15) is 6.29 Å². The molecule has 0 spiro atoms. The van der Waals surface area contributed by atoms with Crippen molar-refractivity contribution in [2.45, 2.75) is 6.04 Å². The second-order valence-electron chi connectivity index (χ2n) is 3.27. The Balaban J connectivity index is 2.76. The summed E-state index contributed by atoms with van der Waals surface area (Å²) in [7, 11) is 0. The molecule has 3 N–H and O–H groups in total. The average Bonchev–Trinajstić information content (AvgIpc) is 2.39. The molecule has 0 aliphatic rings.